The van der Waals surface area contributed by atoms with E-state index in [9.17, 15) is 32.7 Å². The van der Waals surface area contributed by atoms with E-state index >= 15 is 0 Å². The molecule has 3 aliphatic rings. The molecule has 2 aliphatic heterocycles. The Bertz CT molecular complexity index is 2010. The van der Waals surface area contributed by atoms with Crippen LogP contribution >= 0.6 is 11.3 Å². The number of ether oxygens (including phenoxy) is 1. The number of nitrogens with zero attached hydrogens (tertiary/aromatic N) is 8. The maximum atomic E-state index is 14.2. The molecule has 47 heavy (non-hydrogen) atoms. The quantitative estimate of drug-likeness (QED) is 0.322. The van der Waals surface area contributed by atoms with Crippen molar-refractivity contribution in [3.63, 3.8) is 0 Å². The molecule has 4 aromatic rings. The van der Waals surface area contributed by atoms with Gasteiger partial charge >= 0.3 is 6.18 Å². The summed E-state index contributed by atoms with van der Waals surface area (Å²) in [6, 6.07) is 0. The second-order valence-electron chi connectivity index (χ2n) is 11.7. The minimum absolute atomic E-state index is 0.0658. The highest BCUT2D eigenvalue weighted by Gasteiger charge is 2.46. The lowest BCUT2D eigenvalue weighted by molar-refractivity contribution is -0.137. The molecule has 6 heterocycles. The van der Waals surface area contributed by atoms with Gasteiger partial charge in [-0.3, -0.25) is 14.4 Å². The number of carbonyl (C=O) groups excluding carboxylic acids is 2. The first-order valence-electron chi connectivity index (χ1n) is 14.9. The first kappa shape index (κ1) is 30.9. The normalized spacial score (nSPS) is 17.6. The van der Waals surface area contributed by atoms with Crippen LogP contribution in [0.4, 0.5) is 18.2 Å². The lowest BCUT2D eigenvalue weighted by Crippen LogP contribution is -2.46. The fourth-order valence-electron chi connectivity index (χ4n) is 6.60. The summed E-state index contributed by atoms with van der Waals surface area (Å²) in [6.45, 7) is 2.66. The summed E-state index contributed by atoms with van der Waals surface area (Å²) in [5.41, 5.74) is 1.09. The average molecular weight is 672 g/mol. The molecular formula is C29H28F3N9O5S. The summed E-state index contributed by atoms with van der Waals surface area (Å²) < 4.78 is 47.5. The number of aryl methyl sites for hydroxylation is 1. The van der Waals surface area contributed by atoms with Gasteiger partial charge in [-0.25, -0.2) is 15.0 Å². The summed E-state index contributed by atoms with van der Waals surface area (Å²) in [7, 11) is 0. The fourth-order valence-corrected chi connectivity index (χ4v) is 7.30. The van der Waals surface area contributed by atoms with E-state index in [4.69, 9.17) is 4.74 Å². The Morgan fingerprint density at radius 1 is 1.15 bits per heavy atom. The number of aromatic nitrogens is 7. The first-order valence-corrected chi connectivity index (χ1v) is 15.7. The van der Waals surface area contributed by atoms with Crippen molar-refractivity contribution in [2.75, 3.05) is 31.6 Å². The van der Waals surface area contributed by atoms with Gasteiger partial charge in [-0.1, -0.05) is 17.4 Å². The van der Waals surface area contributed by atoms with Crippen LogP contribution in [-0.2, 0) is 34.1 Å². The van der Waals surface area contributed by atoms with Crippen molar-refractivity contribution in [2.24, 2.45) is 0 Å². The Labute approximate surface area is 267 Å². The van der Waals surface area contributed by atoms with Crippen LogP contribution < -0.4 is 10.9 Å². The SMILES string of the molecule is Cc1ncnc(C(=O)N2CCC3(CCc4c3c(=O)n3nc(C5=CCOCC5)nc3n4CC(=O)Nc3cnc(C(F)(F)F)s3)CC2)c1O. The van der Waals surface area contributed by atoms with Gasteiger partial charge in [0.1, 0.15) is 17.9 Å². The predicted octanol–water partition coefficient (Wildman–Crippen LogP) is 2.73. The highest BCUT2D eigenvalue weighted by molar-refractivity contribution is 7.15. The molecular weight excluding hydrogens is 643 g/mol. The zero-order valence-corrected chi connectivity index (χ0v) is 25.8. The topological polar surface area (TPSA) is 170 Å². The lowest BCUT2D eigenvalue weighted by Gasteiger charge is -2.39. The van der Waals surface area contributed by atoms with Crippen LogP contribution in [0.1, 0.15) is 64.0 Å². The van der Waals surface area contributed by atoms with Gasteiger partial charge in [0.25, 0.3) is 11.5 Å². The molecule has 0 radical (unpaired) electrons. The van der Waals surface area contributed by atoms with Gasteiger partial charge in [0.05, 0.1) is 25.1 Å². The minimum Gasteiger partial charge on any atom is -0.504 e. The van der Waals surface area contributed by atoms with Crippen LogP contribution in [0, 0.1) is 6.92 Å². The van der Waals surface area contributed by atoms with Crippen LogP contribution in [-0.4, -0.2) is 82.2 Å². The van der Waals surface area contributed by atoms with Crippen LogP contribution in [0.2, 0.25) is 0 Å². The van der Waals surface area contributed by atoms with Crippen molar-refractivity contribution in [3.05, 3.63) is 62.4 Å². The molecule has 0 unspecified atom stereocenters. The zero-order valence-electron chi connectivity index (χ0n) is 25.0. The summed E-state index contributed by atoms with van der Waals surface area (Å²) in [5, 5.41) is 16.3. The smallest absolute Gasteiger partial charge is 0.443 e. The summed E-state index contributed by atoms with van der Waals surface area (Å²) in [4.78, 5) is 58.2. The van der Waals surface area contributed by atoms with Gasteiger partial charge in [0, 0.05) is 29.8 Å². The number of hydrogen-bond donors (Lipinski definition) is 2. The molecule has 0 bridgehead atoms. The Hall–Kier alpha value is -4.71. The molecule has 0 aromatic carbocycles. The predicted molar refractivity (Wildman–Crippen MR) is 160 cm³/mol. The van der Waals surface area contributed by atoms with Crippen LogP contribution in [0.3, 0.4) is 0 Å². The molecule has 18 heteroatoms. The number of halogens is 3. The van der Waals surface area contributed by atoms with Gasteiger partial charge in [-0.2, -0.15) is 22.7 Å². The highest BCUT2D eigenvalue weighted by atomic mass is 32.1. The standard InChI is InChI=1S/C29H28F3N9O5S/c1-15-22(43)21(35-14-34-15)25(45)39-8-6-28(7-9-39)5-2-17-20(28)24(44)41-27(37-23(38-41)16-3-10-46-11-4-16)40(17)13-18(42)36-19-12-33-26(47-19)29(30,31)32/h3,12,14,43H,2,4-11,13H2,1H3,(H,36,42). The Morgan fingerprint density at radius 3 is 2.64 bits per heavy atom. The largest absolute Gasteiger partial charge is 0.504 e. The molecule has 246 valence electrons. The Balaban J connectivity index is 1.23. The summed E-state index contributed by atoms with van der Waals surface area (Å²) in [5.74, 6) is -0.859. The van der Waals surface area contributed by atoms with Gasteiger partial charge in [-0.15, -0.1) is 5.10 Å². The van der Waals surface area contributed by atoms with E-state index in [-0.39, 0.29) is 40.0 Å². The third-order valence-corrected chi connectivity index (χ3v) is 9.96. The Kier molecular flexibility index (Phi) is 7.58. The number of fused-ring (bicyclic) bond motifs is 3. The fraction of sp³-hybridized carbons (Fsp3) is 0.448. The van der Waals surface area contributed by atoms with Crippen molar-refractivity contribution in [3.8, 4) is 5.75 Å². The minimum atomic E-state index is -4.64. The van der Waals surface area contributed by atoms with Gasteiger partial charge in [0.2, 0.25) is 11.7 Å². The molecule has 4 aromatic heterocycles. The van der Waals surface area contributed by atoms with E-state index in [0.29, 0.717) is 86.8 Å². The van der Waals surface area contributed by atoms with Crippen molar-refractivity contribution in [2.45, 2.75) is 57.2 Å². The van der Waals surface area contributed by atoms with Crippen molar-refractivity contribution < 1.29 is 32.6 Å². The number of carbonyl (C=O) groups is 2. The number of aromatic hydroxyl groups is 1. The molecule has 14 nitrogen and oxygen atoms in total. The molecule has 1 fully saturated rings. The van der Waals surface area contributed by atoms with E-state index < -0.39 is 28.4 Å². The molecule has 0 saturated carbocycles. The van der Waals surface area contributed by atoms with Crippen molar-refractivity contribution in [1.29, 1.82) is 0 Å². The summed E-state index contributed by atoms with van der Waals surface area (Å²) >= 11 is 0.318. The third kappa shape index (κ3) is 5.44. The highest BCUT2D eigenvalue weighted by Crippen LogP contribution is 2.45. The number of rotatable bonds is 5. The summed E-state index contributed by atoms with van der Waals surface area (Å²) in [6.07, 6.45) is 1.79. The van der Waals surface area contributed by atoms with Gasteiger partial charge < -0.3 is 24.6 Å². The molecule has 1 spiro atoms. The first-order chi connectivity index (χ1) is 22.4. The van der Waals surface area contributed by atoms with Gasteiger partial charge in [-0.05, 0) is 44.6 Å². The molecule has 2 N–H and O–H groups in total. The number of likely N-dealkylation sites (tertiary alicyclic amines) is 1. The van der Waals surface area contributed by atoms with E-state index in [1.54, 1.807) is 16.4 Å². The number of hydrogen-bond acceptors (Lipinski definition) is 11. The van der Waals surface area contributed by atoms with E-state index in [1.807, 2.05) is 6.08 Å². The van der Waals surface area contributed by atoms with Crippen LogP contribution in [0.5, 0.6) is 5.75 Å². The number of nitrogens with one attached hydrogen (secondary N) is 1. The van der Waals surface area contributed by atoms with Crippen molar-refractivity contribution >= 4 is 39.5 Å². The molecule has 1 saturated heterocycles. The molecule has 7 rings (SSSR count). The maximum Gasteiger partial charge on any atom is 0.443 e. The second kappa shape index (κ2) is 11.5. The number of piperidine rings is 1. The number of alkyl halides is 3. The van der Waals surface area contributed by atoms with E-state index in [2.05, 4.69) is 30.4 Å². The molecule has 1 aliphatic carbocycles. The van der Waals surface area contributed by atoms with E-state index in [0.717, 1.165) is 11.8 Å². The average Bonchev–Trinajstić information content (AvgIpc) is 3.80. The monoisotopic (exact) mass is 671 g/mol. The Morgan fingerprint density at radius 2 is 1.94 bits per heavy atom. The second-order valence-corrected chi connectivity index (χ2v) is 12.7. The van der Waals surface area contributed by atoms with Crippen molar-refractivity contribution in [1.82, 2.24) is 39.0 Å². The van der Waals surface area contributed by atoms with Crippen LogP contribution in [0.15, 0.2) is 23.4 Å². The number of anilines is 1. The van der Waals surface area contributed by atoms with Crippen LogP contribution in [0.25, 0.3) is 11.4 Å². The molecule has 0 atom stereocenters. The zero-order chi connectivity index (χ0) is 33.1. The number of amides is 2. The van der Waals surface area contributed by atoms with E-state index in [1.165, 1.54) is 10.8 Å². The number of thiazole rings is 1. The lowest BCUT2D eigenvalue weighted by atomic mass is 9.74. The van der Waals surface area contributed by atoms with Gasteiger partial charge in [0.15, 0.2) is 22.3 Å². The molecule has 2 amide bonds. The third-order valence-electron chi connectivity index (χ3n) is 9.00. The maximum absolute atomic E-state index is 14.2.